The van der Waals surface area contributed by atoms with Crippen LogP contribution < -0.4 is 9.47 Å². The van der Waals surface area contributed by atoms with E-state index in [0.717, 1.165) is 0 Å². The van der Waals surface area contributed by atoms with Crippen LogP contribution >= 0.6 is 11.6 Å². The zero-order valence-electron chi connectivity index (χ0n) is 12.1. The van der Waals surface area contributed by atoms with Gasteiger partial charge >= 0.3 is 5.69 Å². The van der Waals surface area contributed by atoms with Crippen molar-refractivity contribution in [1.82, 2.24) is 5.16 Å². The Kier molecular flexibility index (Phi) is 4.67. The molecular formula is C14H13ClN2O5. The van der Waals surface area contributed by atoms with Crippen LogP contribution in [0.5, 0.6) is 11.5 Å². The standard InChI is InChI=1S/C14H13ClN2O5/c1-8-13(17(18)19)11(22-16-8)5-4-9-6-10(15)14(21-3)12(7-9)20-2/h4-7H,1-3H3/b5-4+. The zero-order chi connectivity index (χ0) is 16.3. The minimum absolute atomic E-state index is 0.0633. The molecule has 2 aromatic rings. The first-order valence-corrected chi connectivity index (χ1v) is 6.56. The predicted octanol–water partition coefficient (Wildman–Crippen LogP) is 3.73. The molecule has 22 heavy (non-hydrogen) atoms. The van der Waals surface area contributed by atoms with Crippen molar-refractivity contribution in [1.29, 1.82) is 0 Å². The summed E-state index contributed by atoms with van der Waals surface area (Å²) in [6.07, 6.45) is 3.07. The van der Waals surface area contributed by atoms with Crippen molar-refractivity contribution in [2.45, 2.75) is 6.92 Å². The van der Waals surface area contributed by atoms with Gasteiger partial charge in [0, 0.05) is 0 Å². The second-order valence-corrected chi connectivity index (χ2v) is 4.72. The topological polar surface area (TPSA) is 87.6 Å². The fourth-order valence-electron chi connectivity index (χ4n) is 1.92. The molecule has 0 saturated heterocycles. The Bertz CT molecular complexity index is 739. The normalized spacial score (nSPS) is 10.9. The number of hydrogen-bond acceptors (Lipinski definition) is 6. The predicted molar refractivity (Wildman–Crippen MR) is 81.4 cm³/mol. The van der Waals surface area contributed by atoms with Gasteiger partial charge in [0.15, 0.2) is 17.2 Å². The van der Waals surface area contributed by atoms with Crippen molar-refractivity contribution in [3.63, 3.8) is 0 Å². The average molecular weight is 325 g/mol. The molecule has 116 valence electrons. The molecule has 0 N–H and O–H groups in total. The summed E-state index contributed by atoms with van der Waals surface area (Å²) in [6, 6.07) is 3.34. The maximum Gasteiger partial charge on any atom is 0.338 e. The molecule has 1 aromatic heterocycles. The van der Waals surface area contributed by atoms with E-state index in [0.29, 0.717) is 22.1 Å². The van der Waals surface area contributed by atoms with Gasteiger partial charge in [0.2, 0.25) is 5.76 Å². The van der Waals surface area contributed by atoms with Gasteiger partial charge in [-0.05, 0) is 30.7 Å². The summed E-state index contributed by atoms with van der Waals surface area (Å²) < 4.78 is 15.3. The number of aromatic nitrogens is 1. The first kappa shape index (κ1) is 15.8. The minimum Gasteiger partial charge on any atom is -0.493 e. The highest BCUT2D eigenvalue weighted by molar-refractivity contribution is 6.32. The summed E-state index contributed by atoms with van der Waals surface area (Å²) in [5.74, 6) is 0.939. The molecule has 0 fully saturated rings. The van der Waals surface area contributed by atoms with Gasteiger partial charge in [-0.3, -0.25) is 10.1 Å². The van der Waals surface area contributed by atoms with Crippen LogP contribution in [-0.4, -0.2) is 24.3 Å². The fourth-order valence-corrected chi connectivity index (χ4v) is 2.22. The average Bonchev–Trinajstić information content (AvgIpc) is 2.85. The third-order valence-corrected chi connectivity index (χ3v) is 3.20. The molecule has 0 amide bonds. The molecule has 1 aromatic carbocycles. The summed E-state index contributed by atoms with van der Waals surface area (Å²) in [5, 5.41) is 14.9. The quantitative estimate of drug-likeness (QED) is 0.615. The molecule has 0 aliphatic rings. The molecule has 1 heterocycles. The molecule has 0 bridgehead atoms. The van der Waals surface area contributed by atoms with Crippen molar-refractivity contribution in [3.05, 3.63) is 44.3 Å². The Morgan fingerprint density at radius 1 is 1.32 bits per heavy atom. The van der Waals surface area contributed by atoms with Crippen LogP contribution in [0.15, 0.2) is 16.7 Å². The largest absolute Gasteiger partial charge is 0.493 e. The minimum atomic E-state index is -0.535. The number of rotatable bonds is 5. The van der Waals surface area contributed by atoms with E-state index >= 15 is 0 Å². The van der Waals surface area contributed by atoms with Crippen LogP contribution in [0, 0.1) is 17.0 Å². The summed E-state index contributed by atoms with van der Waals surface area (Å²) >= 11 is 6.10. The first-order valence-electron chi connectivity index (χ1n) is 6.18. The summed E-state index contributed by atoms with van der Waals surface area (Å²) in [7, 11) is 2.98. The van der Waals surface area contributed by atoms with Crippen LogP contribution in [-0.2, 0) is 0 Å². The van der Waals surface area contributed by atoms with E-state index in [1.54, 1.807) is 18.2 Å². The number of nitrogens with zero attached hydrogens (tertiary/aromatic N) is 2. The number of aryl methyl sites for hydroxylation is 1. The van der Waals surface area contributed by atoms with Gasteiger partial charge in [-0.15, -0.1) is 0 Å². The van der Waals surface area contributed by atoms with Crippen molar-refractivity contribution in [2.24, 2.45) is 0 Å². The lowest BCUT2D eigenvalue weighted by Gasteiger charge is -2.10. The van der Waals surface area contributed by atoms with E-state index in [-0.39, 0.29) is 17.1 Å². The number of methoxy groups -OCH3 is 2. The van der Waals surface area contributed by atoms with Crippen LogP contribution in [0.25, 0.3) is 12.2 Å². The van der Waals surface area contributed by atoms with E-state index in [1.165, 1.54) is 27.2 Å². The molecule has 8 heteroatoms. The van der Waals surface area contributed by atoms with Gasteiger partial charge in [0.1, 0.15) is 0 Å². The van der Waals surface area contributed by atoms with Crippen molar-refractivity contribution < 1.29 is 18.9 Å². The van der Waals surface area contributed by atoms with E-state index in [1.807, 2.05) is 0 Å². The molecule has 0 radical (unpaired) electrons. The monoisotopic (exact) mass is 324 g/mol. The fraction of sp³-hybridized carbons (Fsp3) is 0.214. The van der Waals surface area contributed by atoms with Crippen LogP contribution in [0.1, 0.15) is 17.0 Å². The highest BCUT2D eigenvalue weighted by Crippen LogP contribution is 2.36. The third kappa shape index (κ3) is 3.04. The molecule has 0 saturated carbocycles. The van der Waals surface area contributed by atoms with Crippen molar-refractivity contribution >= 4 is 29.4 Å². The molecule has 2 rings (SSSR count). The van der Waals surface area contributed by atoms with Gasteiger partial charge < -0.3 is 14.0 Å². The summed E-state index contributed by atoms with van der Waals surface area (Å²) in [5.41, 5.74) is 0.726. The molecule has 0 atom stereocenters. The second-order valence-electron chi connectivity index (χ2n) is 4.31. The molecule has 0 aliphatic carbocycles. The Morgan fingerprint density at radius 3 is 2.64 bits per heavy atom. The Hall–Kier alpha value is -2.54. The Morgan fingerprint density at radius 2 is 2.05 bits per heavy atom. The number of benzene rings is 1. The van der Waals surface area contributed by atoms with Gasteiger partial charge in [0.25, 0.3) is 0 Å². The lowest BCUT2D eigenvalue weighted by molar-refractivity contribution is -0.386. The summed E-state index contributed by atoms with van der Waals surface area (Å²) in [4.78, 5) is 10.4. The van der Waals surface area contributed by atoms with Crippen LogP contribution in [0.3, 0.4) is 0 Å². The lowest BCUT2D eigenvalue weighted by atomic mass is 10.1. The van der Waals surface area contributed by atoms with E-state index < -0.39 is 4.92 Å². The summed E-state index contributed by atoms with van der Waals surface area (Å²) in [6.45, 7) is 1.51. The second kappa shape index (κ2) is 6.48. The third-order valence-electron chi connectivity index (χ3n) is 2.92. The molecular weight excluding hydrogens is 312 g/mol. The number of halogens is 1. The Labute approximate surface area is 131 Å². The van der Waals surface area contributed by atoms with Gasteiger partial charge in [0.05, 0.1) is 24.2 Å². The molecule has 0 spiro atoms. The van der Waals surface area contributed by atoms with Gasteiger partial charge in [-0.2, -0.15) is 0 Å². The van der Waals surface area contributed by atoms with Gasteiger partial charge in [-0.25, -0.2) is 0 Å². The lowest BCUT2D eigenvalue weighted by Crippen LogP contribution is -1.92. The van der Waals surface area contributed by atoms with Crippen molar-refractivity contribution in [3.8, 4) is 11.5 Å². The highest BCUT2D eigenvalue weighted by atomic mass is 35.5. The van der Waals surface area contributed by atoms with Crippen LogP contribution in [0.4, 0.5) is 5.69 Å². The molecule has 0 aliphatic heterocycles. The van der Waals surface area contributed by atoms with E-state index in [9.17, 15) is 10.1 Å². The van der Waals surface area contributed by atoms with E-state index in [4.69, 9.17) is 25.6 Å². The van der Waals surface area contributed by atoms with E-state index in [2.05, 4.69) is 5.16 Å². The maximum absolute atomic E-state index is 11.0. The molecule has 0 unspecified atom stereocenters. The van der Waals surface area contributed by atoms with Crippen molar-refractivity contribution in [2.75, 3.05) is 14.2 Å². The smallest absolute Gasteiger partial charge is 0.338 e. The highest BCUT2D eigenvalue weighted by Gasteiger charge is 2.22. The first-order chi connectivity index (χ1) is 10.5. The molecule has 7 nitrogen and oxygen atoms in total. The Balaban J connectivity index is 2.39. The maximum atomic E-state index is 11.0. The van der Waals surface area contributed by atoms with Gasteiger partial charge in [-0.1, -0.05) is 22.8 Å². The zero-order valence-corrected chi connectivity index (χ0v) is 12.9. The van der Waals surface area contributed by atoms with Crippen LogP contribution in [0.2, 0.25) is 5.02 Å². The SMILES string of the molecule is COc1cc(/C=C/c2onc(C)c2[N+](=O)[O-])cc(Cl)c1OC. The number of nitro groups is 1. The number of hydrogen-bond donors (Lipinski definition) is 0. The number of ether oxygens (including phenoxy) is 2.